The molecule has 0 unspecified atom stereocenters. The summed E-state index contributed by atoms with van der Waals surface area (Å²) in [6.07, 6.45) is 4.65. The maximum atomic E-state index is 11.2. The van der Waals surface area contributed by atoms with Crippen LogP contribution in [0.15, 0.2) is 107 Å². The zero-order chi connectivity index (χ0) is 25.8. The van der Waals surface area contributed by atoms with E-state index in [1.807, 2.05) is 47.0 Å². The van der Waals surface area contributed by atoms with E-state index in [4.69, 9.17) is 0 Å². The van der Waals surface area contributed by atoms with Crippen molar-refractivity contribution in [3.63, 3.8) is 0 Å². The molecule has 5 rings (SSSR count). The Kier molecular flexibility index (Phi) is 6.28. The van der Waals surface area contributed by atoms with E-state index < -0.39 is 9.85 Å². The molecule has 0 saturated carbocycles. The molecule has 0 bridgehead atoms. The van der Waals surface area contributed by atoms with Crippen molar-refractivity contribution in [1.82, 2.24) is 9.55 Å². The van der Waals surface area contributed by atoms with Crippen LogP contribution in [-0.2, 0) is 0 Å². The van der Waals surface area contributed by atoms with Crippen molar-refractivity contribution in [2.75, 3.05) is 0 Å². The summed E-state index contributed by atoms with van der Waals surface area (Å²) in [7, 11) is 0. The maximum Gasteiger partial charge on any atom is 0.278 e. The normalized spacial score (nSPS) is 11.5. The molecule has 10 heteroatoms. The molecule has 1 aromatic heterocycles. The SMILES string of the molecule is O=[N+]([O-])c1ccccc1C=Nc1ccc(-n2cnc3cc(N=Cc4ccccc4[N+](=O)[O-])ccc32)cc1. The number of aliphatic imine (C=N–C) groups is 2. The van der Waals surface area contributed by atoms with Crippen molar-refractivity contribution >= 4 is 46.2 Å². The highest BCUT2D eigenvalue weighted by atomic mass is 16.6. The van der Waals surface area contributed by atoms with Crippen LogP contribution in [0, 0.1) is 20.2 Å². The summed E-state index contributed by atoms with van der Waals surface area (Å²) in [5.41, 5.74) is 4.55. The third kappa shape index (κ3) is 4.98. The Labute approximate surface area is 210 Å². The van der Waals surface area contributed by atoms with Gasteiger partial charge in [0.15, 0.2) is 0 Å². The molecule has 0 fully saturated rings. The predicted molar refractivity (Wildman–Crippen MR) is 142 cm³/mol. The van der Waals surface area contributed by atoms with E-state index in [1.54, 1.807) is 42.7 Å². The van der Waals surface area contributed by atoms with Gasteiger partial charge in [-0.25, -0.2) is 4.98 Å². The number of hydrogen-bond donors (Lipinski definition) is 0. The average Bonchev–Trinajstić information content (AvgIpc) is 3.34. The maximum absolute atomic E-state index is 11.2. The second kappa shape index (κ2) is 10.0. The first-order chi connectivity index (χ1) is 18.0. The Bertz CT molecular complexity index is 1690. The molecule has 0 radical (unpaired) electrons. The molecule has 0 spiro atoms. The number of para-hydroxylation sites is 2. The first-order valence-corrected chi connectivity index (χ1v) is 11.1. The molecular weight excluding hydrogens is 472 g/mol. The van der Waals surface area contributed by atoms with Crippen LogP contribution in [-0.4, -0.2) is 31.8 Å². The van der Waals surface area contributed by atoms with Gasteiger partial charge < -0.3 is 0 Å². The molecule has 0 N–H and O–H groups in total. The summed E-state index contributed by atoms with van der Waals surface area (Å²) in [6, 6.07) is 25.8. The molecule has 4 aromatic carbocycles. The molecule has 0 amide bonds. The van der Waals surface area contributed by atoms with E-state index in [9.17, 15) is 20.2 Å². The van der Waals surface area contributed by atoms with Crippen LogP contribution in [0.1, 0.15) is 11.1 Å². The number of aromatic nitrogens is 2. The second-order valence-electron chi connectivity index (χ2n) is 7.95. The van der Waals surface area contributed by atoms with Crippen LogP contribution in [0.3, 0.4) is 0 Å². The van der Waals surface area contributed by atoms with Gasteiger partial charge in [-0.2, -0.15) is 0 Å². The molecule has 180 valence electrons. The van der Waals surface area contributed by atoms with Gasteiger partial charge in [0.1, 0.15) is 6.33 Å². The minimum atomic E-state index is -0.436. The van der Waals surface area contributed by atoms with Gasteiger partial charge >= 0.3 is 0 Å². The molecule has 0 aliphatic carbocycles. The minimum absolute atomic E-state index is 0.00143. The molecule has 10 nitrogen and oxygen atoms in total. The monoisotopic (exact) mass is 490 g/mol. The van der Waals surface area contributed by atoms with Gasteiger partial charge in [0, 0.05) is 30.2 Å². The smallest absolute Gasteiger partial charge is 0.278 e. The molecule has 0 aliphatic rings. The molecule has 0 atom stereocenters. The van der Waals surface area contributed by atoms with Gasteiger partial charge in [-0.1, -0.05) is 24.3 Å². The molecular formula is C27H18N6O4. The zero-order valence-electron chi connectivity index (χ0n) is 19.2. The van der Waals surface area contributed by atoms with Crippen molar-refractivity contribution in [1.29, 1.82) is 0 Å². The summed E-state index contributed by atoms with van der Waals surface area (Å²) in [5, 5.41) is 22.4. The number of nitrogens with zero attached hydrogens (tertiary/aromatic N) is 6. The fraction of sp³-hybridized carbons (Fsp3) is 0. The minimum Gasteiger partial charge on any atom is -0.299 e. The van der Waals surface area contributed by atoms with Gasteiger partial charge in [-0.3, -0.25) is 34.8 Å². The molecule has 5 aromatic rings. The van der Waals surface area contributed by atoms with E-state index in [2.05, 4.69) is 15.0 Å². The lowest BCUT2D eigenvalue weighted by molar-refractivity contribution is -0.385. The van der Waals surface area contributed by atoms with Crippen molar-refractivity contribution in [2.45, 2.75) is 0 Å². The van der Waals surface area contributed by atoms with Crippen LogP contribution >= 0.6 is 0 Å². The summed E-state index contributed by atoms with van der Waals surface area (Å²) in [6.45, 7) is 0. The Morgan fingerprint density at radius 1 is 0.703 bits per heavy atom. The van der Waals surface area contributed by atoms with Gasteiger partial charge in [-0.15, -0.1) is 0 Å². The lowest BCUT2D eigenvalue weighted by Gasteiger charge is -2.05. The quantitative estimate of drug-likeness (QED) is 0.149. The molecule has 0 saturated heterocycles. The Morgan fingerprint density at radius 2 is 1.24 bits per heavy atom. The number of fused-ring (bicyclic) bond motifs is 1. The Balaban J connectivity index is 1.36. The van der Waals surface area contributed by atoms with E-state index in [-0.39, 0.29) is 11.4 Å². The van der Waals surface area contributed by atoms with Gasteiger partial charge in [0.2, 0.25) is 0 Å². The highest BCUT2D eigenvalue weighted by molar-refractivity contribution is 5.89. The first kappa shape index (κ1) is 23.2. The fourth-order valence-electron chi connectivity index (χ4n) is 3.80. The third-order valence-corrected chi connectivity index (χ3v) is 5.63. The van der Waals surface area contributed by atoms with E-state index >= 15 is 0 Å². The number of nitro benzene ring substituents is 2. The second-order valence-corrected chi connectivity index (χ2v) is 7.95. The Morgan fingerprint density at radius 3 is 1.84 bits per heavy atom. The van der Waals surface area contributed by atoms with E-state index in [0.29, 0.717) is 22.5 Å². The van der Waals surface area contributed by atoms with E-state index in [0.717, 1.165) is 16.7 Å². The van der Waals surface area contributed by atoms with Crippen LogP contribution < -0.4 is 0 Å². The lowest BCUT2D eigenvalue weighted by atomic mass is 10.2. The number of rotatable bonds is 7. The summed E-state index contributed by atoms with van der Waals surface area (Å²) in [5.74, 6) is 0. The number of benzene rings is 4. The van der Waals surface area contributed by atoms with Crippen LogP contribution in [0.4, 0.5) is 22.7 Å². The van der Waals surface area contributed by atoms with Gasteiger partial charge in [-0.05, 0) is 54.6 Å². The summed E-state index contributed by atoms with van der Waals surface area (Å²) >= 11 is 0. The Hall–Kier alpha value is -5.51. The number of imidazole rings is 1. The first-order valence-electron chi connectivity index (χ1n) is 11.1. The predicted octanol–water partition coefficient (Wildman–Crippen LogP) is 6.34. The van der Waals surface area contributed by atoms with Crippen molar-refractivity contribution in [2.24, 2.45) is 9.98 Å². The lowest BCUT2D eigenvalue weighted by Crippen LogP contribution is -1.93. The van der Waals surface area contributed by atoms with Crippen molar-refractivity contribution in [3.8, 4) is 5.69 Å². The molecule has 37 heavy (non-hydrogen) atoms. The topological polar surface area (TPSA) is 129 Å². The van der Waals surface area contributed by atoms with Gasteiger partial charge in [0.25, 0.3) is 11.4 Å². The summed E-state index contributed by atoms with van der Waals surface area (Å²) < 4.78 is 1.92. The number of nitro groups is 2. The fourth-order valence-corrected chi connectivity index (χ4v) is 3.80. The third-order valence-electron chi connectivity index (χ3n) is 5.63. The molecule has 1 heterocycles. The van der Waals surface area contributed by atoms with E-state index in [1.165, 1.54) is 24.6 Å². The van der Waals surface area contributed by atoms with Gasteiger partial charge in [0.05, 0.1) is 43.4 Å². The molecule has 0 aliphatic heterocycles. The van der Waals surface area contributed by atoms with Crippen LogP contribution in [0.5, 0.6) is 0 Å². The highest BCUT2D eigenvalue weighted by Gasteiger charge is 2.11. The largest absolute Gasteiger partial charge is 0.299 e. The van der Waals surface area contributed by atoms with Crippen LogP contribution in [0.25, 0.3) is 16.7 Å². The van der Waals surface area contributed by atoms with Crippen LogP contribution in [0.2, 0.25) is 0 Å². The van der Waals surface area contributed by atoms with Crippen molar-refractivity contribution in [3.05, 3.63) is 129 Å². The standard InChI is InChI=1S/C27H18N6O4/c34-32(35)25-7-3-1-5-19(25)16-28-21-9-12-23(13-10-21)31-18-30-24-15-22(11-14-27(24)31)29-17-20-6-2-4-8-26(20)33(36)37/h1-18H. The number of hydrogen-bond acceptors (Lipinski definition) is 7. The zero-order valence-corrected chi connectivity index (χ0v) is 19.2. The van der Waals surface area contributed by atoms with Crippen molar-refractivity contribution < 1.29 is 9.85 Å². The highest BCUT2D eigenvalue weighted by Crippen LogP contribution is 2.25. The average molecular weight is 490 g/mol. The summed E-state index contributed by atoms with van der Waals surface area (Å²) in [4.78, 5) is 34.7.